The Labute approximate surface area is 99.3 Å². The van der Waals surface area contributed by atoms with Gasteiger partial charge >= 0.3 is 0 Å². The molecule has 0 spiro atoms. The van der Waals surface area contributed by atoms with Gasteiger partial charge in [0.15, 0.2) is 0 Å². The zero-order chi connectivity index (χ0) is 11.5. The molecule has 0 fully saturated rings. The van der Waals surface area contributed by atoms with E-state index < -0.39 is 0 Å². The highest BCUT2D eigenvalue weighted by molar-refractivity contribution is 7.09. The van der Waals surface area contributed by atoms with E-state index in [4.69, 9.17) is 0 Å². The maximum absolute atomic E-state index is 4.31. The molecule has 0 aliphatic carbocycles. The predicted octanol–water partition coefficient (Wildman–Crippen LogP) is 2.29. The van der Waals surface area contributed by atoms with Crippen LogP contribution in [0, 0.1) is 0 Å². The third-order valence-corrected chi connectivity index (χ3v) is 3.58. The lowest BCUT2D eigenvalue weighted by Crippen LogP contribution is -2.24. The molecule has 2 atom stereocenters. The van der Waals surface area contributed by atoms with E-state index in [0.717, 1.165) is 5.01 Å². The Morgan fingerprint density at radius 2 is 2.12 bits per heavy atom. The highest BCUT2D eigenvalue weighted by atomic mass is 32.1. The number of hydrogen-bond acceptors (Lipinski definition) is 4. The minimum absolute atomic E-state index is 0.268. The molecule has 5 heteroatoms. The number of thiazole rings is 1. The summed E-state index contributed by atoms with van der Waals surface area (Å²) in [7, 11) is 1.96. The molecule has 2 aromatic heterocycles. The molecule has 0 radical (unpaired) electrons. The maximum Gasteiger partial charge on any atom is 0.109 e. The van der Waals surface area contributed by atoms with Crippen molar-refractivity contribution in [2.24, 2.45) is 7.05 Å². The van der Waals surface area contributed by atoms with Crippen LogP contribution in [0.1, 0.15) is 36.6 Å². The van der Waals surface area contributed by atoms with Crippen molar-refractivity contribution >= 4 is 11.3 Å². The van der Waals surface area contributed by atoms with Crippen LogP contribution >= 0.6 is 11.3 Å². The van der Waals surface area contributed by atoms with Crippen LogP contribution in [0.15, 0.2) is 23.8 Å². The van der Waals surface area contributed by atoms with Crippen LogP contribution in [0.2, 0.25) is 0 Å². The normalized spacial score (nSPS) is 14.9. The van der Waals surface area contributed by atoms with Crippen LogP contribution in [0.3, 0.4) is 0 Å². The fourth-order valence-electron chi connectivity index (χ4n) is 1.79. The number of hydrogen-bond donors (Lipinski definition) is 1. The van der Waals surface area contributed by atoms with Gasteiger partial charge in [0.25, 0.3) is 0 Å². The van der Waals surface area contributed by atoms with E-state index in [2.05, 4.69) is 29.2 Å². The van der Waals surface area contributed by atoms with Crippen molar-refractivity contribution in [3.05, 3.63) is 34.5 Å². The van der Waals surface area contributed by atoms with Crippen molar-refractivity contribution in [2.45, 2.75) is 25.9 Å². The first-order chi connectivity index (χ1) is 7.68. The van der Waals surface area contributed by atoms with E-state index in [9.17, 15) is 0 Å². The van der Waals surface area contributed by atoms with Gasteiger partial charge in [-0.1, -0.05) is 0 Å². The van der Waals surface area contributed by atoms with E-state index in [1.165, 1.54) is 5.69 Å². The largest absolute Gasteiger partial charge is 0.300 e. The third-order valence-electron chi connectivity index (χ3n) is 2.62. The smallest absolute Gasteiger partial charge is 0.109 e. The minimum atomic E-state index is 0.268. The van der Waals surface area contributed by atoms with Crippen LogP contribution < -0.4 is 5.32 Å². The lowest BCUT2D eigenvalue weighted by molar-refractivity contribution is 0.468. The molecule has 2 rings (SSSR count). The van der Waals surface area contributed by atoms with Gasteiger partial charge in [-0.2, -0.15) is 5.10 Å². The van der Waals surface area contributed by atoms with Gasteiger partial charge in [-0.15, -0.1) is 11.3 Å². The first-order valence-corrected chi connectivity index (χ1v) is 6.20. The SMILES string of the molecule is CC(NC(C)c1ccnn1C)c1nccs1. The van der Waals surface area contributed by atoms with Crippen molar-refractivity contribution < 1.29 is 0 Å². The van der Waals surface area contributed by atoms with E-state index in [-0.39, 0.29) is 12.1 Å². The first kappa shape index (κ1) is 11.3. The fraction of sp³-hybridized carbons (Fsp3) is 0.455. The molecular formula is C11H16N4S. The summed E-state index contributed by atoms with van der Waals surface area (Å²) in [6, 6.07) is 2.57. The molecule has 2 unspecified atom stereocenters. The molecule has 0 saturated carbocycles. The van der Waals surface area contributed by atoms with Crippen LogP contribution in [0.5, 0.6) is 0 Å². The van der Waals surface area contributed by atoms with Gasteiger partial charge in [0.05, 0.1) is 11.7 Å². The van der Waals surface area contributed by atoms with Gasteiger partial charge in [0.2, 0.25) is 0 Å². The van der Waals surface area contributed by atoms with Gasteiger partial charge < -0.3 is 5.32 Å². The molecule has 16 heavy (non-hydrogen) atoms. The molecule has 2 aromatic rings. The molecule has 2 heterocycles. The summed E-state index contributed by atoms with van der Waals surface area (Å²) >= 11 is 1.68. The van der Waals surface area contributed by atoms with Gasteiger partial charge in [-0.3, -0.25) is 4.68 Å². The molecule has 0 amide bonds. The Morgan fingerprint density at radius 1 is 1.31 bits per heavy atom. The summed E-state index contributed by atoms with van der Waals surface area (Å²) in [6.45, 7) is 4.27. The third kappa shape index (κ3) is 2.31. The second-order valence-corrected chi connectivity index (χ2v) is 4.79. The van der Waals surface area contributed by atoms with Crippen LogP contribution in [0.25, 0.3) is 0 Å². The van der Waals surface area contributed by atoms with Crippen molar-refractivity contribution in [3.63, 3.8) is 0 Å². The highest BCUT2D eigenvalue weighted by Gasteiger charge is 2.14. The fourth-order valence-corrected chi connectivity index (χ4v) is 2.44. The molecule has 0 aliphatic rings. The van der Waals surface area contributed by atoms with E-state index in [0.29, 0.717) is 0 Å². The van der Waals surface area contributed by atoms with Crippen LogP contribution in [-0.2, 0) is 7.05 Å². The summed E-state index contributed by atoms with van der Waals surface area (Å²) in [4.78, 5) is 4.31. The quantitative estimate of drug-likeness (QED) is 0.885. The van der Waals surface area contributed by atoms with Gasteiger partial charge in [0, 0.05) is 30.9 Å². The zero-order valence-electron chi connectivity index (χ0n) is 9.71. The Hall–Kier alpha value is -1.20. The lowest BCUT2D eigenvalue weighted by Gasteiger charge is -2.18. The molecule has 86 valence electrons. The molecular weight excluding hydrogens is 220 g/mol. The molecule has 4 nitrogen and oxygen atoms in total. The second kappa shape index (κ2) is 4.76. The lowest BCUT2D eigenvalue weighted by atomic mass is 10.2. The van der Waals surface area contributed by atoms with Crippen molar-refractivity contribution in [1.29, 1.82) is 0 Å². The molecule has 0 saturated heterocycles. The standard InChI is InChI=1S/C11H16N4S/c1-8(10-4-5-13-15(10)3)14-9(2)11-12-6-7-16-11/h4-9,14H,1-3H3. The average molecular weight is 236 g/mol. The predicted molar refractivity (Wildman–Crippen MR) is 65.3 cm³/mol. The Kier molecular flexibility index (Phi) is 3.36. The van der Waals surface area contributed by atoms with E-state index in [1.807, 2.05) is 35.6 Å². The van der Waals surface area contributed by atoms with E-state index >= 15 is 0 Å². The van der Waals surface area contributed by atoms with Gasteiger partial charge in [-0.25, -0.2) is 4.98 Å². The number of nitrogens with one attached hydrogen (secondary N) is 1. The second-order valence-electron chi connectivity index (χ2n) is 3.86. The minimum Gasteiger partial charge on any atom is -0.300 e. The van der Waals surface area contributed by atoms with Gasteiger partial charge in [0.1, 0.15) is 5.01 Å². The summed E-state index contributed by atoms with van der Waals surface area (Å²) in [5.74, 6) is 0. The van der Waals surface area contributed by atoms with Crippen molar-refractivity contribution in [3.8, 4) is 0 Å². The highest BCUT2D eigenvalue weighted by Crippen LogP contribution is 2.20. The van der Waals surface area contributed by atoms with E-state index in [1.54, 1.807) is 11.3 Å². The number of nitrogens with zero attached hydrogens (tertiary/aromatic N) is 3. The zero-order valence-corrected chi connectivity index (χ0v) is 10.5. The number of rotatable bonds is 4. The monoisotopic (exact) mass is 236 g/mol. The van der Waals surface area contributed by atoms with Gasteiger partial charge in [-0.05, 0) is 19.9 Å². The average Bonchev–Trinajstić information content (AvgIpc) is 2.86. The Balaban J connectivity index is 2.03. The summed E-state index contributed by atoms with van der Waals surface area (Å²) < 4.78 is 1.90. The number of aromatic nitrogens is 3. The summed E-state index contributed by atoms with van der Waals surface area (Å²) in [5, 5.41) is 10.8. The Bertz CT molecular complexity index is 435. The maximum atomic E-state index is 4.31. The molecule has 0 aromatic carbocycles. The topological polar surface area (TPSA) is 42.7 Å². The number of aryl methyl sites for hydroxylation is 1. The first-order valence-electron chi connectivity index (χ1n) is 5.32. The van der Waals surface area contributed by atoms with Crippen LogP contribution in [-0.4, -0.2) is 14.8 Å². The summed E-state index contributed by atoms with van der Waals surface area (Å²) in [6.07, 6.45) is 3.66. The Morgan fingerprint density at radius 3 is 2.69 bits per heavy atom. The van der Waals surface area contributed by atoms with Crippen molar-refractivity contribution in [2.75, 3.05) is 0 Å². The molecule has 0 bridgehead atoms. The summed E-state index contributed by atoms with van der Waals surface area (Å²) in [5.41, 5.74) is 1.18. The van der Waals surface area contributed by atoms with Crippen LogP contribution in [0.4, 0.5) is 0 Å². The van der Waals surface area contributed by atoms with Crippen molar-refractivity contribution in [1.82, 2.24) is 20.1 Å². The molecule has 1 N–H and O–H groups in total. The molecule has 0 aliphatic heterocycles.